The molecule has 1 N–H and O–H groups in total. The number of rotatable bonds is 4. The number of nitrogens with one attached hydrogen (secondary N) is 1. The van der Waals surface area contributed by atoms with Gasteiger partial charge >= 0.3 is 0 Å². The molecule has 2 aliphatic carbocycles. The predicted molar refractivity (Wildman–Crippen MR) is 81.2 cm³/mol. The molecule has 0 radical (unpaired) electrons. The summed E-state index contributed by atoms with van der Waals surface area (Å²) in [6.45, 7) is 0.906. The van der Waals surface area contributed by atoms with Gasteiger partial charge in [0.15, 0.2) is 0 Å². The van der Waals surface area contributed by atoms with E-state index < -0.39 is 0 Å². The van der Waals surface area contributed by atoms with Gasteiger partial charge in [0.25, 0.3) is 0 Å². The molecule has 0 aromatic heterocycles. The monoisotopic (exact) mass is 275 g/mol. The van der Waals surface area contributed by atoms with Crippen molar-refractivity contribution in [3.63, 3.8) is 0 Å². The molecule has 0 amide bonds. The first-order chi connectivity index (χ1) is 9.83. The molecule has 2 saturated carbocycles. The van der Waals surface area contributed by atoms with E-state index in [1.807, 2.05) is 12.1 Å². The van der Waals surface area contributed by atoms with Crippen molar-refractivity contribution in [2.75, 3.05) is 6.54 Å². The topological polar surface area (TPSA) is 12.0 Å². The van der Waals surface area contributed by atoms with E-state index in [4.69, 9.17) is 0 Å². The maximum atomic E-state index is 13.5. The Kier molecular flexibility index (Phi) is 4.72. The lowest BCUT2D eigenvalue weighted by Gasteiger charge is -2.39. The fourth-order valence-electron chi connectivity index (χ4n) is 4.17. The molecular formula is C18H26FN. The van der Waals surface area contributed by atoms with E-state index in [0.29, 0.717) is 6.04 Å². The molecule has 110 valence electrons. The van der Waals surface area contributed by atoms with Crippen molar-refractivity contribution in [1.82, 2.24) is 5.32 Å². The Morgan fingerprint density at radius 1 is 1.00 bits per heavy atom. The lowest BCUT2D eigenvalue weighted by molar-refractivity contribution is 0.144. The first-order valence-corrected chi connectivity index (χ1v) is 8.29. The summed E-state index contributed by atoms with van der Waals surface area (Å²) in [6, 6.07) is 7.81. The van der Waals surface area contributed by atoms with Gasteiger partial charge in [-0.15, -0.1) is 0 Å². The molecule has 2 fully saturated rings. The van der Waals surface area contributed by atoms with E-state index >= 15 is 0 Å². The van der Waals surface area contributed by atoms with E-state index in [2.05, 4.69) is 5.32 Å². The van der Waals surface area contributed by atoms with Crippen molar-refractivity contribution in [3.8, 4) is 0 Å². The Hall–Kier alpha value is -0.890. The lowest BCUT2D eigenvalue weighted by atomic mass is 9.69. The van der Waals surface area contributed by atoms with Gasteiger partial charge < -0.3 is 5.32 Å². The molecule has 0 bridgehead atoms. The number of hydrogen-bond donors (Lipinski definition) is 1. The van der Waals surface area contributed by atoms with Crippen LogP contribution in [0.5, 0.6) is 0 Å². The van der Waals surface area contributed by atoms with Crippen LogP contribution in [0.25, 0.3) is 0 Å². The molecule has 0 spiro atoms. The standard InChI is InChI=1S/C18H26FN/c19-18-8-4-3-6-15(18)11-12-20-17-10-9-14-5-1-2-7-16(14)13-17/h3-4,6,8,14,16-17,20H,1-2,5,7,9-13H2. The van der Waals surface area contributed by atoms with E-state index in [9.17, 15) is 4.39 Å². The Morgan fingerprint density at radius 2 is 1.80 bits per heavy atom. The summed E-state index contributed by atoms with van der Waals surface area (Å²) in [5.74, 6) is 1.90. The Balaban J connectivity index is 1.44. The van der Waals surface area contributed by atoms with E-state index in [1.165, 1.54) is 44.9 Å². The van der Waals surface area contributed by atoms with Gasteiger partial charge in [-0.2, -0.15) is 0 Å². The average Bonchev–Trinajstić information content (AvgIpc) is 2.49. The minimum absolute atomic E-state index is 0.0645. The van der Waals surface area contributed by atoms with Gasteiger partial charge in [0.05, 0.1) is 0 Å². The van der Waals surface area contributed by atoms with Crippen LogP contribution in [0.4, 0.5) is 4.39 Å². The zero-order valence-electron chi connectivity index (χ0n) is 12.3. The Bertz CT molecular complexity index is 431. The van der Waals surface area contributed by atoms with Crippen molar-refractivity contribution >= 4 is 0 Å². The quantitative estimate of drug-likeness (QED) is 0.863. The molecule has 3 unspecified atom stereocenters. The normalized spacial score (nSPS) is 29.9. The molecule has 2 aliphatic rings. The third-order valence-electron chi connectivity index (χ3n) is 5.32. The Morgan fingerprint density at radius 3 is 2.65 bits per heavy atom. The first-order valence-electron chi connectivity index (χ1n) is 8.29. The van der Waals surface area contributed by atoms with E-state index in [1.54, 1.807) is 12.1 Å². The van der Waals surface area contributed by atoms with Crippen LogP contribution in [0.15, 0.2) is 24.3 Å². The SMILES string of the molecule is Fc1ccccc1CCNC1CCC2CCCCC2C1. The van der Waals surface area contributed by atoms with Gasteiger partial charge in [0.1, 0.15) is 5.82 Å². The van der Waals surface area contributed by atoms with Crippen LogP contribution >= 0.6 is 0 Å². The molecule has 1 aromatic carbocycles. The van der Waals surface area contributed by atoms with Crippen LogP contribution in [0.1, 0.15) is 50.5 Å². The van der Waals surface area contributed by atoms with Crippen molar-refractivity contribution in [3.05, 3.63) is 35.6 Å². The van der Waals surface area contributed by atoms with Gasteiger partial charge in [-0.25, -0.2) is 4.39 Å². The third-order valence-corrected chi connectivity index (χ3v) is 5.32. The second kappa shape index (κ2) is 6.71. The van der Waals surface area contributed by atoms with Crippen LogP contribution in [0.3, 0.4) is 0 Å². The minimum Gasteiger partial charge on any atom is -0.314 e. The minimum atomic E-state index is -0.0645. The number of halogens is 1. The summed E-state index contributed by atoms with van der Waals surface area (Å²) in [4.78, 5) is 0. The van der Waals surface area contributed by atoms with Gasteiger partial charge in [-0.3, -0.25) is 0 Å². The average molecular weight is 275 g/mol. The summed E-state index contributed by atoms with van der Waals surface area (Å²) in [5, 5.41) is 3.66. The first kappa shape index (κ1) is 14.1. The molecule has 1 aromatic rings. The molecular weight excluding hydrogens is 249 g/mol. The summed E-state index contributed by atoms with van der Waals surface area (Å²) >= 11 is 0. The third kappa shape index (κ3) is 3.41. The van der Waals surface area contributed by atoms with Crippen molar-refractivity contribution in [1.29, 1.82) is 0 Å². The second-order valence-corrected chi connectivity index (χ2v) is 6.61. The number of benzene rings is 1. The molecule has 2 heteroatoms. The van der Waals surface area contributed by atoms with Gasteiger partial charge in [-0.1, -0.05) is 43.9 Å². The highest BCUT2D eigenvalue weighted by molar-refractivity contribution is 5.17. The van der Waals surface area contributed by atoms with Crippen molar-refractivity contribution in [2.45, 2.75) is 57.4 Å². The predicted octanol–water partition coefficient (Wildman–Crippen LogP) is 4.32. The molecule has 0 heterocycles. The van der Waals surface area contributed by atoms with Crippen LogP contribution < -0.4 is 5.32 Å². The van der Waals surface area contributed by atoms with E-state index in [-0.39, 0.29) is 5.82 Å². The molecule has 1 nitrogen and oxygen atoms in total. The van der Waals surface area contributed by atoms with Gasteiger partial charge in [0.2, 0.25) is 0 Å². The number of hydrogen-bond acceptors (Lipinski definition) is 1. The smallest absolute Gasteiger partial charge is 0.126 e. The zero-order chi connectivity index (χ0) is 13.8. The summed E-state index contributed by atoms with van der Waals surface area (Å²) in [6.07, 6.45) is 10.7. The Labute approximate surface area is 122 Å². The second-order valence-electron chi connectivity index (χ2n) is 6.61. The summed E-state index contributed by atoms with van der Waals surface area (Å²) in [5.41, 5.74) is 0.839. The zero-order valence-corrected chi connectivity index (χ0v) is 12.3. The van der Waals surface area contributed by atoms with Crippen LogP contribution in [-0.2, 0) is 6.42 Å². The molecule has 3 atom stereocenters. The molecule has 0 saturated heterocycles. The maximum Gasteiger partial charge on any atom is 0.126 e. The molecule has 3 rings (SSSR count). The van der Waals surface area contributed by atoms with E-state index in [0.717, 1.165) is 30.4 Å². The molecule has 20 heavy (non-hydrogen) atoms. The van der Waals surface area contributed by atoms with Gasteiger partial charge in [-0.05, 0) is 55.7 Å². The largest absolute Gasteiger partial charge is 0.314 e. The summed E-state index contributed by atoms with van der Waals surface area (Å²) < 4.78 is 13.5. The lowest BCUT2D eigenvalue weighted by Crippen LogP contribution is -2.39. The summed E-state index contributed by atoms with van der Waals surface area (Å²) in [7, 11) is 0. The fraction of sp³-hybridized carbons (Fsp3) is 0.667. The molecule has 0 aliphatic heterocycles. The van der Waals surface area contributed by atoms with Gasteiger partial charge in [0, 0.05) is 6.04 Å². The highest BCUT2D eigenvalue weighted by Crippen LogP contribution is 2.40. The van der Waals surface area contributed by atoms with Crippen molar-refractivity contribution in [2.24, 2.45) is 11.8 Å². The van der Waals surface area contributed by atoms with Crippen LogP contribution in [0.2, 0.25) is 0 Å². The highest BCUT2D eigenvalue weighted by atomic mass is 19.1. The number of fused-ring (bicyclic) bond motifs is 1. The fourth-order valence-corrected chi connectivity index (χ4v) is 4.17. The van der Waals surface area contributed by atoms with Crippen molar-refractivity contribution < 1.29 is 4.39 Å². The highest BCUT2D eigenvalue weighted by Gasteiger charge is 2.31. The van der Waals surface area contributed by atoms with Crippen LogP contribution in [-0.4, -0.2) is 12.6 Å². The van der Waals surface area contributed by atoms with Crippen LogP contribution in [0, 0.1) is 17.7 Å². The maximum absolute atomic E-state index is 13.5.